The number of H-pyrrole nitrogens is 1. The lowest BCUT2D eigenvalue weighted by molar-refractivity contribution is -0.137. The molecule has 3 aromatic rings. The first kappa shape index (κ1) is 22.3. The maximum atomic E-state index is 12.9. The fraction of sp³-hybridized carbons (Fsp3) is 0.522. The van der Waals surface area contributed by atoms with Crippen molar-refractivity contribution in [1.82, 2.24) is 29.9 Å². The van der Waals surface area contributed by atoms with Gasteiger partial charge in [0.25, 0.3) is 5.56 Å². The number of benzene rings is 1. The van der Waals surface area contributed by atoms with E-state index in [0.29, 0.717) is 47.1 Å². The lowest BCUT2D eigenvalue weighted by atomic mass is 9.87. The Morgan fingerprint density at radius 1 is 1.09 bits per heavy atom. The van der Waals surface area contributed by atoms with Crippen LogP contribution < -0.4 is 5.56 Å². The zero-order valence-corrected chi connectivity index (χ0v) is 19.8. The molecule has 3 heterocycles. The van der Waals surface area contributed by atoms with Gasteiger partial charge >= 0.3 is 0 Å². The van der Waals surface area contributed by atoms with Crippen molar-refractivity contribution in [2.75, 3.05) is 13.1 Å². The zero-order chi connectivity index (χ0) is 22.9. The Morgan fingerprint density at radius 3 is 2.58 bits per heavy atom. The van der Waals surface area contributed by atoms with Crippen LogP contribution in [0.15, 0.2) is 23.0 Å². The van der Waals surface area contributed by atoms with Crippen molar-refractivity contribution in [1.29, 1.82) is 0 Å². The molecule has 1 aromatic carbocycles. The number of aromatic nitrogens is 5. The minimum Gasteiger partial charge on any atom is -0.342 e. The number of fused-ring (bicyclic) bond motifs is 1. The summed E-state index contributed by atoms with van der Waals surface area (Å²) in [6, 6.07) is 5.26. The number of piperidine rings is 1. The molecule has 0 radical (unpaired) electrons. The van der Waals surface area contributed by atoms with E-state index in [4.69, 9.17) is 28.2 Å². The van der Waals surface area contributed by atoms with Crippen molar-refractivity contribution >= 4 is 40.3 Å². The number of carbonyl (C=O) groups is 1. The number of rotatable bonds is 4. The molecular formula is C23H26Cl2N6O2. The van der Waals surface area contributed by atoms with Crippen molar-refractivity contribution in [2.24, 2.45) is 5.92 Å². The Hall–Kier alpha value is -2.45. The molecule has 0 atom stereocenters. The summed E-state index contributed by atoms with van der Waals surface area (Å²) in [5.74, 6) is 1.19. The van der Waals surface area contributed by atoms with Crippen molar-refractivity contribution in [3.8, 4) is 0 Å². The number of likely N-dealkylation sites (tertiary alicyclic amines) is 1. The van der Waals surface area contributed by atoms with Crippen molar-refractivity contribution in [3.05, 3.63) is 50.0 Å². The molecule has 0 unspecified atom stereocenters. The lowest BCUT2D eigenvalue weighted by Crippen LogP contribution is -2.42. The number of hydrogen-bond acceptors (Lipinski definition) is 5. The monoisotopic (exact) mass is 488 g/mol. The van der Waals surface area contributed by atoms with Gasteiger partial charge in [0.15, 0.2) is 11.2 Å². The topological polar surface area (TPSA) is 96.8 Å². The van der Waals surface area contributed by atoms with Crippen LogP contribution in [0, 0.1) is 5.92 Å². The molecule has 8 nitrogen and oxygen atoms in total. The average Bonchev–Trinajstić information content (AvgIpc) is 3.24. The first-order valence-corrected chi connectivity index (χ1v) is 12.3. The first-order valence-electron chi connectivity index (χ1n) is 11.6. The van der Waals surface area contributed by atoms with Crippen LogP contribution in [0.5, 0.6) is 0 Å². The SMILES string of the molecule is O=C(C1CCCCC1)N1CCC(c2nc3c(nnn3Cc3ccc(Cl)cc3Cl)c(=O)[nH]2)CC1. The third-order valence-electron chi connectivity index (χ3n) is 6.87. The molecule has 33 heavy (non-hydrogen) atoms. The highest BCUT2D eigenvalue weighted by atomic mass is 35.5. The highest BCUT2D eigenvalue weighted by Crippen LogP contribution is 2.30. The number of halogens is 2. The Labute approximate surface area is 201 Å². The van der Waals surface area contributed by atoms with Gasteiger partial charge in [-0.05, 0) is 43.4 Å². The van der Waals surface area contributed by atoms with Gasteiger partial charge in [-0.25, -0.2) is 9.67 Å². The fourth-order valence-corrected chi connectivity index (χ4v) is 5.44. The Kier molecular flexibility index (Phi) is 6.38. The molecule has 1 saturated heterocycles. The number of amides is 1. The zero-order valence-electron chi connectivity index (χ0n) is 18.3. The summed E-state index contributed by atoms with van der Waals surface area (Å²) in [4.78, 5) is 35.2. The lowest BCUT2D eigenvalue weighted by Gasteiger charge is -2.34. The van der Waals surface area contributed by atoms with Gasteiger partial charge in [-0.3, -0.25) is 9.59 Å². The van der Waals surface area contributed by atoms with Gasteiger partial charge in [0.2, 0.25) is 5.91 Å². The summed E-state index contributed by atoms with van der Waals surface area (Å²) >= 11 is 12.3. The smallest absolute Gasteiger partial charge is 0.281 e. The normalized spacial score (nSPS) is 18.2. The number of nitrogens with zero attached hydrogens (tertiary/aromatic N) is 5. The number of aromatic amines is 1. The van der Waals surface area contributed by atoms with E-state index in [9.17, 15) is 9.59 Å². The minimum atomic E-state index is -0.302. The van der Waals surface area contributed by atoms with E-state index in [1.54, 1.807) is 16.8 Å². The van der Waals surface area contributed by atoms with E-state index in [0.717, 1.165) is 44.1 Å². The van der Waals surface area contributed by atoms with Crippen molar-refractivity contribution in [3.63, 3.8) is 0 Å². The van der Waals surface area contributed by atoms with Gasteiger partial charge < -0.3 is 9.88 Å². The molecule has 1 saturated carbocycles. The van der Waals surface area contributed by atoms with Crippen molar-refractivity contribution < 1.29 is 4.79 Å². The molecule has 1 aliphatic heterocycles. The second kappa shape index (κ2) is 9.43. The Balaban J connectivity index is 1.33. The third kappa shape index (κ3) is 4.64. The molecule has 2 aromatic heterocycles. The van der Waals surface area contributed by atoms with Crippen LogP contribution in [0.3, 0.4) is 0 Å². The minimum absolute atomic E-state index is 0.0833. The van der Waals surface area contributed by atoms with Gasteiger partial charge in [0.05, 0.1) is 6.54 Å². The molecule has 0 spiro atoms. The second-order valence-electron chi connectivity index (χ2n) is 9.04. The average molecular weight is 489 g/mol. The van der Waals surface area contributed by atoms with Gasteiger partial charge in [-0.1, -0.05) is 53.7 Å². The van der Waals surface area contributed by atoms with Crippen LogP contribution in [0.2, 0.25) is 10.0 Å². The summed E-state index contributed by atoms with van der Waals surface area (Å²) in [7, 11) is 0. The highest BCUT2D eigenvalue weighted by Gasteiger charge is 2.30. The molecule has 2 aliphatic rings. The quantitative estimate of drug-likeness (QED) is 0.594. The fourth-order valence-electron chi connectivity index (χ4n) is 4.98. The number of hydrogen-bond donors (Lipinski definition) is 1. The first-order chi connectivity index (χ1) is 16.0. The molecule has 5 rings (SSSR count). The Morgan fingerprint density at radius 2 is 1.85 bits per heavy atom. The highest BCUT2D eigenvalue weighted by molar-refractivity contribution is 6.35. The van der Waals surface area contributed by atoms with E-state index >= 15 is 0 Å². The summed E-state index contributed by atoms with van der Waals surface area (Å²) in [5, 5.41) is 9.22. The van der Waals surface area contributed by atoms with E-state index in [-0.39, 0.29) is 22.9 Å². The molecule has 174 valence electrons. The number of carbonyl (C=O) groups excluding carboxylic acids is 1. The van der Waals surface area contributed by atoms with Crippen LogP contribution in [-0.4, -0.2) is 48.9 Å². The standard InChI is InChI=1S/C23H26Cl2N6O2/c24-17-7-6-16(18(25)12-17)13-31-21-19(28-29-31)22(32)27-20(26-21)14-8-10-30(11-9-14)23(33)15-4-2-1-3-5-15/h6-7,12,14-15H,1-5,8-11,13H2,(H,26,27,32). The molecule has 0 bridgehead atoms. The molecule has 1 N–H and O–H groups in total. The van der Waals surface area contributed by atoms with Crippen molar-refractivity contribution in [2.45, 2.75) is 57.4 Å². The predicted octanol–water partition coefficient (Wildman–Crippen LogP) is 4.16. The summed E-state index contributed by atoms with van der Waals surface area (Å²) in [6.45, 7) is 1.72. The van der Waals surface area contributed by atoms with Crippen LogP contribution in [-0.2, 0) is 11.3 Å². The van der Waals surface area contributed by atoms with Crippen LogP contribution in [0.1, 0.15) is 62.3 Å². The van der Waals surface area contributed by atoms with E-state index in [1.807, 2.05) is 11.0 Å². The van der Waals surface area contributed by atoms with E-state index < -0.39 is 0 Å². The second-order valence-corrected chi connectivity index (χ2v) is 9.88. The Bertz CT molecular complexity index is 1230. The van der Waals surface area contributed by atoms with Gasteiger partial charge in [-0.2, -0.15) is 0 Å². The predicted molar refractivity (Wildman–Crippen MR) is 127 cm³/mol. The maximum Gasteiger partial charge on any atom is 0.281 e. The molecular weight excluding hydrogens is 463 g/mol. The van der Waals surface area contributed by atoms with Crippen LogP contribution >= 0.6 is 23.2 Å². The van der Waals surface area contributed by atoms with Crippen LogP contribution in [0.25, 0.3) is 11.2 Å². The molecule has 1 amide bonds. The molecule has 2 fully saturated rings. The maximum absolute atomic E-state index is 12.9. The van der Waals surface area contributed by atoms with Crippen LogP contribution in [0.4, 0.5) is 0 Å². The van der Waals surface area contributed by atoms with E-state index in [2.05, 4.69) is 15.3 Å². The third-order valence-corrected chi connectivity index (χ3v) is 7.46. The van der Waals surface area contributed by atoms with Gasteiger partial charge in [0, 0.05) is 35.0 Å². The number of nitrogens with one attached hydrogen (secondary N) is 1. The summed E-state index contributed by atoms with van der Waals surface area (Å²) in [5.41, 5.74) is 1.14. The summed E-state index contributed by atoms with van der Waals surface area (Å²) < 4.78 is 1.59. The molecule has 1 aliphatic carbocycles. The van der Waals surface area contributed by atoms with E-state index in [1.165, 1.54) is 6.42 Å². The molecule has 10 heteroatoms. The summed E-state index contributed by atoms with van der Waals surface area (Å²) in [6.07, 6.45) is 7.12. The largest absolute Gasteiger partial charge is 0.342 e. The van der Waals surface area contributed by atoms with Gasteiger partial charge in [-0.15, -0.1) is 5.10 Å². The van der Waals surface area contributed by atoms with Gasteiger partial charge in [0.1, 0.15) is 5.82 Å².